The van der Waals surface area contributed by atoms with Crippen molar-refractivity contribution in [3.05, 3.63) is 5.21 Å². The Morgan fingerprint density at radius 1 is 1.09 bits per heavy atom. The fourth-order valence-corrected chi connectivity index (χ4v) is 1.03. The highest BCUT2D eigenvalue weighted by Crippen LogP contribution is 2.05. The topological polar surface area (TPSA) is 23.1 Å². The molecule has 0 aliphatic carbocycles. The van der Waals surface area contributed by atoms with Crippen LogP contribution in [-0.4, -0.2) is 24.8 Å². The minimum Gasteiger partial charge on any atom is -0.633 e. The van der Waals surface area contributed by atoms with Gasteiger partial charge in [0.1, 0.15) is 0 Å². The average molecular weight is 159 g/mol. The molecule has 0 radical (unpaired) electrons. The van der Waals surface area contributed by atoms with Gasteiger partial charge in [-0.05, 0) is 19.8 Å². The highest BCUT2D eigenvalue weighted by Gasteiger charge is 2.04. The number of nitrogens with zero attached hydrogens (tertiary/aromatic N) is 1. The molecule has 0 aromatic carbocycles. The van der Waals surface area contributed by atoms with E-state index < -0.39 is 0 Å². The van der Waals surface area contributed by atoms with Crippen LogP contribution in [0.1, 0.15) is 39.5 Å². The Morgan fingerprint density at radius 3 is 2.18 bits per heavy atom. The molecule has 1 unspecified atom stereocenters. The zero-order chi connectivity index (χ0) is 8.74. The zero-order valence-corrected chi connectivity index (χ0v) is 8.10. The fourth-order valence-electron chi connectivity index (χ4n) is 1.03. The summed E-state index contributed by atoms with van der Waals surface area (Å²) in [4.78, 5) is 0. The van der Waals surface area contributed by atoms with Crippen LogP contribution in [0, 0.1) is 5.21 Å². The number of hydrogen-bond acceptors (Lipinski definition) is 1. The molecule has 0 aliphatic rings. The molecular weight excluding hydrogens is 138 g/mol. The fraction of sp³-hybridized carbons (Fsp3) is 1.00. The van der Waals surface area contributed by atoms with Gasteiger partial charge in [0.25, 0.3) is 0 Å². The molecule has 0 saturated carbocycles. The van der Waals surface area contributed by atoms with E-state index in [0.717, 1.165) is 13.0 Å². The van der Waals surface area contributed by atoms with E-state index in [1.807, 2.05) is 6.92 Å². The predicted molar refractivity (Wildman–Crippen MR) is 49.1 cm³/mol. The third-order valence-corrected chi connectivity index (χ3v) is 2.15. The van der Waals surface area contributed by atoms with Gasteiger partial charge >= 0.3 is 0 Å². The Bertz CT molecular complexity index is 91.6. The van der Waals surface area contributed by atoms with Crippen molar-refractivity contribution in [1.29, 1.82) is 0 Å². The first-order chi connectivity index (χ1) is 5.12. The normalized spacial score (nSPS) is 16.4. The Kier molecular flexibility index (Phi) is 5.51. The van der Waals surface area contributed by atoms with Gasteiger partial charge in [0.05, 0.1) is 20.1 Å². The standard InChI is InChI=1S/C9H21NO/c1-4-6-7-8-9-10(3,11)5-2/h4-9H2,1-3H3. The highest BCUT2D eigenvalue weighted by molar-refractivity contribution is 4.41. The Labute approximate surface area is 70.4 Å². The largest absolute Gasteiger partial charge is 0.633 e. The van der Waals surface area contributed by atoms with Crippen LogP contribution in [0.3, 0.4) is 0 Å². The van der Waals surface area contributed by atoms with Crippen LogP contribution in [0.2, 0.25) is 0 Å². The Morgan fingerprint density at radius 2 is 1.73 bits per heavy atom. The number of hydroxylamine groups is 3. The molecule has 0 N–H and O–H groups in total. The van der Waals surface area contributed by atoms with Crippen LogP contribution < -0.4 is 0 Å². The quantitative estimate of drug-likeness (QED) is 0.332. The molecule has 0 heterocycles. The lowest BCUT2D eigenvalue weighted by molar-refractivity contribution is -0.859. The van der Waals surface area contributed by atoms with Crippen molar-refractivity contribution in [2.24, 2.45) is 0 Å². The molecule has 0 aromatic heterocycles. The molecule has 2 nitrogen and oxygen atoms in total. The van der Waals surface area contributed by atoms with Crippen molar-refractivity contribution in [2.75, 3.05) is 20.1 Å². The molecule has 0 amide bonds. The van der Waals surface area contributed by atoms with Crippen LogP contribution in [0.4, 0.5) is 0 Å². The molecule has 0 fully saturated rings. The van der Waals surface area contributed by atoms with Gasteiger partial charge in [-0.1, -0.05) is 19.8 Å². The predicted octanol–water partition coefficient (Wildman–Crippen LogP) is 2.53. The van der Waals surface area contributed by atoms with Gasteiger partial charge < -0.3 is 9.85 Å². The van der Waals surface area contributed by atoms with Gasteiger partial charge in [0, 0.05) is 0 Å². The lowest BCUT2D eigenvalue weighted by Gasteiger charge is -2.37. The van der Waals surface area contributed by atoms with E-state index in [2.05, 4.69) is 6.92 Å². The molecule has 0 saturated heterocycles. The lowest BCUT2D eigenvalue weighted by Crippen LogP contribution is -2.37. The smallest absolute Gasteiger partial charge is 0.0781 e. The highest BCUT2D eigenvalue weighted by atomic mass is 16.5. The lowest BCUT2D eigenvalue weighted by atomic mass is 10.2. The zero-order valence-electron chi connectivity index (χ0n) is 8.10. The summed E-state index contributed by atoms with van der Waals surface area (Å²) in [5.41, 5.74) is 0. The van der Waals surface area contributed by atoms with Gasteiger partial charge in [0.2, 0.25) is 0 Å². The van der Waals surface area contributed by atoms with Crippen LogP contribution in [0.5, 0.6) is 0 Å². The van der Waals surface area contributed by atoms with Gasteiger partial charge in [-0.25, -0.2) is 0 Å². The third kappa shape index (κ3) is 6.32. The molecular formula is C9H21NO. The Balaban J connectivity index is 3.23. The average Bonchev–Trinajstić information content (AvgIpc) is 1.99. The van der Waals surface area contributed by atoms with Crippen molar-refractivity contribution in [2.45, 2.75) is 39.5 Å². The van der Waals surface area contributed by atoms with E-state index in [0.29, 0.717) is 6.54 Å². The van der Waals surface area contributed by atoms with Crippen molar-refractivity contribution in [3.8, 4) is 0 Å². The maximum Gasteiger partial charge on any atom is 0.0781 e. The summed E-state index contributed by atoms with van der Waals surface area (Å²) in [6.07, 6.45) is 4.81. The van der Waals surface area contributed by atoms with Gasteiger partial charge in [0.15, 0.2) is 0 Å². The molecule has 0 rings (SSSR count). The Hall–Kier alpha value is -0.0800. The summed E-state index contributed by atoms with van der Waals surface area (Å²) < 4.78 is -0.0658. The first-order valence-corrected chi connectivity index (χ1v) is 4.68. The minimum absolute atomic E-state index is 0.0658. The van der Waals surface area contributed by atoms with E-state index in [1.54, 1.807) is 7.05 Å². The van der Waals surface area contributed by atoms with E-state index in [4.69, 9.17) is 0 Å². The summed E-state index contributed by atoms with van der Waals surface area (Å²) >= 11 is 0. The van der Waals surface area contributed by atoms with Crippen molar-refractivity contribution < 1.29 is 4.65 Å². The van der Waals surface area contributed by atoms with Gasteiger partial charge in [-0.15, -0.1) is 0 Å². The monoisotopic (exact) mass is 159 g/mol. The van der Waals surface area contributed by atoms with Gasteiger partial charge in [-0.2, -0.15) is 0 Å². The molecule has 0 aromatic rings. The third-order valence-electron chi connectivity index (χ3n) is 2.15. The molecule has 0 aliphatic heterocycles. The summed E-state index contributed by atoms with van der Waals surface area (Å²) in [5, 5.41) is 11.4. The van der Waals surface area contributed by atoms with Crippen LogP contribution in [-0.2, 0) is 0 Å². The van der Waals surface area contributed by atoms with E-state index in [1.165, 1.54) is 19.3 Å². The van der Waals surface area contributed by atoms with Crippen LogP contribution in [0.15, 0.2) is 0 Å². The summed E-state index contributed by atoms with van der Waals surface area (Å²) in [7, 11) is 1.76. The SMILES string of the molecule is CCCCCC[N+](C)([O-])CC. The van der Waals surface area contributed by atoms with Gasteiger partial charge in [-0.3, -0.25) is 0 Å². The second-order valence-electron chi connectivity index (χ2n) is 3.40. The molecule has 1 atom stereocenters. The summed E-state index contributed by atoms with van der Waals surface area (Å²) in [6, 6.07) is 0. The van der Waals surface area contributed by atoms with E-state index in [-0.39, 0.29) is 4.65 Å². The molecule has 11 heavy (non-hydrogen) atoms. The second kappa shape index (κ2) is 5.56. The summed E-state index contributed by atoms with van der Waals surface area (Å²) in [6.45, 7) is 5.63. The number of rotatable bonds is 6. The number of unbranched alkanes of at least 4 members (excludes halogenated alkanes) is 3. The minimum atomic E-state index is -0.0658. The summed E-state index contributed by atoms with van der Waals surface area (Å²) in [5.74, 6) is 0. The molecule has 0 bridgehead atoms. The van der Waals surface area contributed by atoms with Crippen molar-refractivity contribution in [3.63, 3.8) is 0 Å². The van der Waals surface area contributed by atoms with Crippen molar-refractivity contribution >= 4 is 0 Å². The molecule has 68 valence electrons. The number of quaternary nitrogens is 1. The first kappa shape index (κ1) is 10.9. The molecule has 2 heteroatoms. The first-order valence-electron chi connectivity index (χ1n) is 4.68. The van der Waals surface area contributed by atoms with E-state index in [9.17, 15) is 5.21 Å². The maximum atomic E-state index is 11.4. The van der Waals surface area contributed by atoms with Crippen LogP contribution in [0.25, 0.3) is 0 Å². The van der Waals surface area contributed by atoms with Crippen molar-refractivity contribution in [1.82, 2.24) is 0 Å². The molecule has 0 spiro atoms. The number of hydrogen-bond donors (Lipinski definition) is 0. The van der Waals surface area contributed by atoms with E-state index >= 15 is 0 Å². The van der Waals surface area contributed by atoms with Crippen LogP contribution >= 0.6 is 0 Å². The second-order valence-corrected chi connectivity index (χ2v) is 3.40. The maximum absolute atomic E-state index is 11.4.